The zero-order valence-electron chi connectivity index (χ0n) is 14.7. The van der Waals surface area contributed by atoms with Crippen LogP contribution in [0.4, 0.5) is 0 Å². The van der Waals surface area contributed by atoms with Crippen LogP contribution < -0.4 is 4.74 Å². The van der Waals surface area contributed by atoms with E-state index in [1.54, 1.807) is 12.1 Å². The predicted octanol–water partition coefficient (Wildman–Crippen LogP) is 6.60. The molecule has 1 N–H and O–H groups in total. The summed E-state index contributed by atoms with van der Waals surface area (Å²) in [6, 6.07) is 21.6. The maximum absolute atomic E-state index is 9.78. The Labute approximate surface area is 164 Å². The van der Waals surface area contributed by atoms with Gasteiger partial charge in [-0.15, -0.1) is 0 Å². The van der Waals surface area contributed by atoms with Gasteiger partial charge in [0.25, 0.3) is 0 Å². The van der Waals surface area contributed by atoms with Crippen molar-refractivity contribution in [3.05, 3.63) is 93.5 Å². The maximum atomic E-state index is 9.78. The average Bonchev–Trinajstić information content (AvgIpc) is 2.65. The van der Waals surface area contributed by atoms with Crippen molar-refractivity contribution in [2.75, 3.05) is 0 Å². The van der Waals surface area contributed by atoms with E-state index in [0.717, 1.165) is 22.4 Å². The van der Waals surface area contributed by atoms with E-state index in [-0.39, 0.29) is 21.2 Å². The molecule has 3 rings (SSSR count). The number of benzene rings is 3. The Kier molecular flexibility index (Phi) is 5.45. The fourth-order valence-electron chi connectivity index (χ4n) is 2.80. The molecule has 134 valence electrons. The van der Waals surface area contributed by atoms with Gasteiger partial charge in [0.2, 0.25) is 0 Å². The van der Waals surface area contributed by atoms with Crippen LogP contribution >= 0.6 is 23.2 Å². The lowest BCUT2D eigenvalue weighted by atomic mass is 9.78. The molecule has 0 heterocycles. The molecule has 3 aromatic carbocycles. The van der Waals surface area contributed by atoms with Crippen molar-refractivity contribution in [3.63, 3.8) is 0 Å². The highest BCUT2D eigenvalue weighted by molar-refractivity contribution is 6.37. The van der Waals surface area contributed by atoms with E-state index in [4.69, 9.17) is 27.9 Å². The first-order chi connectivity index (χ1) is 12.4. The van der Waals surface area contributed by atoms with E-state index in [0.29, 0.717) is 6.61 Å². The number of phenolic OH excluding ortho intramolecular Hbond substituents is 1. The topological polar surface area (TPSA) is 29.5 Å². The first kappa shape index (κ1) is 18.6. The van der Waals surface area contributed by atoms with E-state index in [9.17, 15) is 5.11 Å². The van der Waals surface area contributed by atoms with Crippen molar-refractivity contribution in [1.29, 1.82) is 0 Å². The summed E-state index contributed by atoms with van der Waals surface area (Å²) < 4.78 is 5.84. The van der Waals surface area contributed by atoms with Crippen molar-refractivity contribution >= 4 is 23.2 Å². The van der Waals surface area contributed by atoms with Gasteiger partial charge in [-0.2, -0.15) is 0 Å². The van der Waals surface area contributed by atoms with Gasteiger partial charge in [-0.05, 0) is 41.0 Å². The third-order valence-electron chi connectivity index (χ3n) is 4.56. The van der Waals surface area contributed by atoms with Crippen LogP contribution in [0.5, 0.6) is 11.5 Å². The van der Waals surface area contributed by atoms with E-state index < -0.39 is 0 Å². The van der Waals surface area contributed by atoms with Crippen LogP contribution in [0.3, 0.4) is 0 Å². The molecule has 0 atom stereocenters. The number of hydrogen-bond acceptors (Lipinski definition) is 2. The van der Waals surface area contributed by atoms with Crippen molar-refractivity contribution in [1.82, 2.24) is 0 Å². The van der Waals surface area contributed by atoms with Crippen LogP contribution in [-0.4, -0.2) is 5.11 Å². The van der Waals surface area contributed by atoms with Gasteiger partial charge in [-0.1, -0.05) is 79.5 Å². The SMILES string of the molecule is CC(C)(c1ccc(OCc2ccccc2)cc1)c1cc(Cl)c(O)c(Cl)c1. The zero-order valence-corrected chi connectivity index (χ0v) is 16.2. The number of halogens is 2. The predicted molar refractivity (Wildman–Crippen MR) is 107 cm³/mol. The molecule has 0 radical (unpaired) electrons. The number of hydrogen-bond donors (Lipinski definition) is 1. The minimum Gasteiger partial charge on any atom is -0.505 e. The largest absolute Gasteiger partial charge is 0.505 e. The molecular formula is C22H20Cl2O2. The van der Waals surface area contributed by atoms with Crippen LogP contribution in [0.2, 0.25) is 10.0 Å². The van der Waals surface area contributed by atoms with Crippen LogP contribution in [-0.2, 0) is 12.0 Å². The molecule has 0 bridgehead atoms. The second-order valence-electron chi connectivity index (χ2n) is 6.71. The maximum Gasteiger partial charge on any atom is 0.152 e. The summed E-state index contributed by atoms with van der Waals surface area (Å²) in [6.45, 7) is 4.71. The molecule has 0 aliphatic heterocycles. The van der Waals surface area contributed by atoms with Crippen molar-refractivity contribution in [2.24, 2.45) is 0 Å². The molecule has 0 amide bonds. The summed E-state index contributed by atoms with van der Waals surface area (Å²) in [7, 11) is 0. The second-order valence-corrected chi connectivity index (χ2v) is 7.53. The normalized spacial score (nSPS) is 11.4. The Balaban J connectivity index is 1.78. The molecule has 0 saturated heterocycles. The van der Waals surface area contributed by atoms with Crippen LogP contribution in [0, 0.1) is 0 Å². The summed E-state index contributed by atoms with van der Waals surface area (Å²) in [4.78, 5) is 0. The molecule has 0 aromatic heterocycles. The lowest BCUT2D eigenvalue weighted by molar-refractivity contribution is 0.306. The minimum absolute atomic E-state index is 0.0856. The van der Waals surface area contributed by atoms with Crippen LogP contribution in [0.25, 0.3) is 0 Å². The monoisotopic (exact) mass is 386 g/mol. The standard InChI is InChI=1S/C22H20Cl2O2/c1-22(2,17-12-19(23)21(25)20(24)13-17)16-8-10-18(11-9-16)26-14-15-6-4-3-5-7-15/h3-13,25H,14H2,1-2H3. The summed E-state index contributed by atoms with van der Waals surface area (Å²) in [6.07, 6.45) is 0. The zero-order chi connectivity index (χ0) is 18.7. The van der Waals surface area contributed by atoms with Gasteiger partial charge in [-0.3, -0.25) is 0 Å². The molecule has 0 aliphatic carbocycles. The Bertz CT molecular complexity index is 865. The lowest BCUT2D eigenvalue weighted by Gasteiger charge is -2.27. The van der Waals surface area contributed by atoms with Crippen LogP contribution in [0.1, 0.15) is 30.5 Å². The van der Waals surface area contributed by atoms with Gasteiger partial charge in [0.15, 0.2) is 5.75 Å². The molecule has 0 fully saturated rings. The highest BCUT2D eigenvalue weighted by Crippen LogP contribution is 2.39. The van der Waals surface area contributed by atoms with Gasteiger partial charge in [0.05, 0.1) is 10.0 Å². The Morgan fingerprint density at radius 2 is 1.42 bits per heavy atom. The van der Waals surface area contributed by atoms with Gasteiger partial charge in [-0.25, -0.2) is 0 Å². The van der Waals surface area contributed by atoms with Crippen molar-refractivity contribution in [2.45, 2.75) is 25.9 Å². The van der Waals surface area contributed by atoms with E-state index in [2.05, 4.69) is 13.8 Å². The number of phenols is 1. The Hall–Kier alpha value is -2.16. The van der Waals surface area contributed by atoms with Crippen molar-refractivity contribution in [3.8, 4) is 11.5 Å². The van der Waals surface area contributed by atoms with Crippen molar-refractivity contribution < 1.29 is 9.84 Å². The summed E-state index contributed by atoms with van der Waals surface area (Å²) >= 11 is 12.2. The lowest BCUT2D eigenvalue weighted by Crippen LogP contribution is -2.18. The molecule has 0 unspecified atom stereocenters. The van der Waals surface area contributed by atoms with E-state index in [1.807, 2.05) is 54.6 Å². The summed E-state index contributed by atoms with van der Waals surface area (Å²) in [5.74, 6) is 0.729. The number of rotatable bonds is 5. The van der Waals surface area contributed by atoms with Crippen LogP contribution in [0.15, 0.2) is 66.7 Å². The number of aromatic hydroxyl groups is 1. The first-order valence-corrected chi connectivity index (χ1v) is 9.09. The third kappa shape index (κ3) is 3.98. The van der Waals surface area contributed by atoms with E-state index in [1.165, 1.54) is 0 Å². The average molecular weight is 387 g/mol. The highest BCUT2D eigenvalue weighted by atomic mass is 35.5. The van der Waals surface area contributed by atoms with E-state index >= 15 is 0 Å². The summed E-state index contributed by atoms with van der Waals surface area (Å²) in [5.41, 5.74) is 2.84. The quantitative estimate of drug-likeness (QED) is 0.534. The molecule has 0 saturated carbocycles. The van der Waals surface area contributed by atoms with Gasteiger partial charge < -0.3 is 9.84 Å². The second kappa shape index (κ2) is 7.61. The minimum atomic E-state index is -0.320. The molecule has 4 heteroatoms. The molecule has 26 heavy (non-hydrogen) atoms. The van der Waals surface area contributed by atoms with Gasteiger partial charge in [0.1, 0.15) is 12.4 Å². The molecule has 0 spiro atoms. The summed E-state index contributed by atoms with van der Waals surface area (Å²) in [5, 5.41) is 10.3. The number of ether oxygens (including phenoxy) is 1. The fourth-order valence-corrected chi connectivity index (χ4v) is 3.29. The molecular weight excluding hydrogens is 367 g/mol. The smallest absolute Gasteiger partial charge is 0.152 e. The molecule has 0 aliphatic rings. The van der Waals surface area contributed by atoms with Gasteiger partial charge >= 0.3 is 0 Å². The fraction of sp³-hybridized carbons (Fsp3) is 0.182. The molecule has 3 aromatic rings. The first-order valence-electron chi connectivity index (χ1n) is 8.33. The third-order valence-corrected chi connectivity index (χ3v) is 5.14. The van der Waals surface area contributed by atoms with Gasteiger partial charge in [0, 0.05) is 5.41 Å². The highest BCUT2D eigenvalue weighted by Gasteiger charge is 2.25. The molecule has 2 nitrogen and oxygen atoms in total. The Morgan fingerprint density at radius 1 is 0.846 bits per heavy atom. The Morgan fingerprint density at radius 3 is 2.00 bits per heavy atom.